The summed E-state index contributed by atoms with van der Waals surface area (Å²) in [4.78, 5) is 22.0. The number of nitrogens with zero attached hydrogens (tertiary/aromatic N) is 2. The number of carbonyl (C=O) groups is 1. The quantitative estimate of drug-likeness (QED) is 0.150. The van der Waals surface area contributed by atoms with Gasteiger partial charge in [0.25, 0.3) is 5.96 Å². The molecule has 10 heteroatoms. The van der Waals surface area contributed by atoms with Crippen molar-refractivity contribution >= 4 is 11.9 Å². The Kier molecular flexibility index (Phi) is 8.72. The van der Waals surface area contributed by atoms with Crippen LogP contribution in [-0.2, 0) is 11.3 Å². The van der Waals surface area contributed by atoms with Gasteiger partial charge in [0.2, 0.25) is 5.91 Å². The van der Waals surface area contributed by atoms with Crippen LogP contribution in [0.5, 0.6) is 5.75 Å². The predicted molar refractivity (Wildman–Crippen MR) is 93.3 cm³/mol. The van der Waals surface area contributed by atoms with E-state index in [9.17, 15) is 14.9 Å². The molecule has 1 aromatic rings. The van der Waals surface area contributed by atoms with E-state index in [1.165, 1.54) is 0 Å². The van der Waals surface area contributed by atoms with E-state index in [0.717, 1.165) is 11.3 Å². The van der Waals surface area contributed by atoms with Crippen molar-refractivity contribution in [2.45, 2.75) is 32.4 Å². The van der Waals surface area contributed by atoms with E-state index < -0.39 is 11.1 Å². The zero-order chi connectivity index (χ0) is 18.7. The van der Waals surface area contributed by atoms with Crippen molar-refractivity contribution in [2.75, 3.05) is 13.2 Å². The van der Waals surface area contributed by atoms with Crippen molar-refractivity contribution in [3.8, 4) is 5.75 Å². The van der Waals surface area contributed by atoms with E-state index in [0.29, 0.717) is 32.5 Å². The lowest BCUT2D eigenvalue weighted by molar-refractivity contribution is -0.485. The normalized spacial score (nSPS) is 12.3. The zero-order valence-corrected chi connectivity index (χ0v) is 14.1. The highest BCUT2D eigenvalue weighted by Crippen LogP contribution is 2.11. The molecular weight excluding hydrogens is 328 g/mol. The molecule has 0 bridgehead atoms. The van der Waals surface area contributed by atoms with E-state index in [4.69, 9.17) is 16.2 Å². The summed E-state index contributed by atoms with van der Waals surface area (Å²) >= 11 is 0. The van der Waals surface area contributed by atoms with Crippen LogP contribution in [0.1, 0.15) is 25.3 Å². The number of nitro groups is 1. The molecule has 0 saturated carbocycles. The van der Waals surface area contributed by atoms with Crippen LogP contribution < -0.4 is 26.8 Å². The van der Waals surface area contributed by atoms with E-state index in [-0.39, 0.29) is 11.9 Å². The Balaban J connectivity index is 2.26. The monoisotopic (exact) mass is 352 g/mol. The molecule has 25 heavy (non-hydrogen) atoms. The average Bonchev–Trinajstić information content (AvgIpc) is 2.57. The maximum atomic E-state index is 11.9. The number of carbonyl (C=O) groups excluding carboxylic acids is 1. The third-order valence-corrected chi connectivity index (χ3v) is 3.23. The Labute approximate surface area is 145 Å². The minimum absolute atomic E-state index is 0.263. The lowest BCUT2D eigenvalue weighted by Crippen LogP contribution is -2.41. The minimum atomic E-state index is -0.886. The summed E-state index contributed by atoms with van der Waals surface area (Å²) in [6.45, 7) is 3.22. The summed E-state index contributed by atoms with van der Waals surface area (Å²) in [5, 5.41) is 17.4. The molecular formula is C15H24N6O4. The molecule has 1 aromatic carbocycles. The van der Waals surface area contributed by atoms with Gasteiger partial charge in [0, 0.05) is 13.1 Å². The number of hydrazone groups is 1. The summed E-state index contributed by atoms with van der Waals surface area (Å²) < 4.78 is 5.35. The van der Waals surface area contributed by atoms with Gasteiger partial charge in [0.05, 0.1) is 12.6 Å². The van der Waals surface area contributed by atoms with Gasteiger partial charge in [-0.1, -0.05) is 12.1 Å². The molecule has 10 nitrogen and oxygen atoms in total. The Hall–Kier alpha value is -2.88. The fraction of sp³-hybridized carbons (Fsp3) is 0.467. The first kappa shape index (κ1) is 20.2. The Morgan fingerprint density at radius 3 is 2.64 bits per heavy atom. The Bertz CT molecular complexity index is 590. The summed E-state index contributed by atoms with van der Waals surface area (Å²) in [6.07, 6.45) is 0.930. The van der Waals surface area contributed by atoms with Gasteiger partial charge in [-0.05, 0) is 37.5 Å². The summed E-state index contributed by atoms with van der Waals surface area (Å²) in [6, 6.07) is 6.76. The van der Waals surface area contributed by atoms with Gasteiger partial charge >= 0.3 is 0 Å². The van der Waals surface area contributed by atoms with Gasteiger partial charge in [-0.2, -0.15) is 0 Å². The molecule has 138 valence electrons. The van der Waals surface area contributed by atoms with Crippen LogP contribution in [0, 0.1) is 10.1 Å². The van der Waals surface area contributed by atoms with Gasteiger partial charge in [-0.15, -0.1) is 0 Å². The van der Waals surface area contributed by atoms with Crippen molar-refractivity contribution in [2.24, 2.45) is 16.6 Å². The highest BCUT2D eigenvalue weighted by molar-refractivity contribution is 5.81. The fourth-order valence-corrected chi connectivity index (χ4v) is 1.98. The van der Waals surface area contributed by atoms with Crippen LogP contribution in [0.3, 0.4) is 0 Å². The molecule has 1 rings (SSSR count). The second-order valence-electron chi connectivity index (χ2n) is 5.19. The van der Waals surface area contributed by atoms with E-state index in [2.05, 4.69) is 15.7 Å². The standard InChI is InChI=1S/C15H24N6O4/c1-2-25-12-7-5-11(6-8-12)10-19-14(22)13(16)4-3-9-18-15(17)20-21(23)24/h5-8,13H,2-4,9-10,16H2,1H3,(H,19,22)(H3,17,18,20)/t13-/m1/s1. The minimum Gasteiger partial charge on any atom is -0.494 e. The van der Waals surface area contributed by atoms with Gasteiger partial charge in [-0.25, -0.2) is 10.1 Å². The molecule has 0 unspecified atom stereocenters. The Morgan fingerprint density at radius 2 is 2.04 bits per heavy atom. The zero-order valence-electron chi connectivity index (χ0n) is 14.1. The molecule has 1 amide bonds. The number of rotatable bonds is 10. The fourth-order valence-electron chi connectivity index (χ4n) is 1.98. The number of hydrogen-bond donors (Lipinski definition) is 4. The predicted octanol–water partition coefficient (Wildman–Crippen LogP) is -0.0950. The highest BCUT2D eigenvalue weighted by Gasteiger charge is 2.12. The van der Waals surface area contributed by atoms with Crippen molar-refractivity contribution < 1.29 is 14.6 Å². The van der Waals surface area contributed by atoms with Crippen molar-refractivity contribution in [1.82, 2.24) is 10.6 Å². The first-order chi connectivity index (χ1) is 11.9. The molecule has 0 aliphatic carbocycles. The van der Waals surface area contributed by atoms with Gasteiger partial charge < -0.3 is 26.8 Å². The number of benzene rings is 1. The van der Waals surface area contributed by atoms with Crippen LogP contribution in [-0.4, -0.2) is 36.1 Å². The first-order valence-corrected chi connectivity index (χ1v) is 7.89. The first-order valence-electron chi connectivity index (χ1n) is 7.89. The smallest absolute Gasteiger partial charge is 0.266 e. The molecule has 1 atom stereocenters. The van der Waals surface area contributed by atoms with Crippen molar-refractivity contribution in [1.29, 1.82) is 0 Å². The third kappa shape index (κ3) is 8.51. The maximum Gasteiger partial charge on any atom is 0.266 e. The molecule has 0 aromatic heterocycles. The largest absolute Gasteiger partial charge is 0.494 e. The van der Waals surface area contributed by atoms with Gasteiger partial charge in [0.1, 0.15) is 10.9 Å². The molecule has 0 radical (unpaired) electrons. The molecule has 0 saturated heterocycles. The van der Waals surface area contributed by atoms with E-state index in [1.54, 1.807) is 0 Å². The average molecular weight is 352 g/mol. The lowest BCUT2D eigenvalue weighted by atomic mass is 10.1. The van der Waals surface area contributed by atoms with Crippen LogP contribution in [0.15, 0.2) is 29.4 Å². The molecule has 6 N–H and O–H groups in total. The molecule has 0 spiro atoms. The van der Waals surface area contributed by atoms with Crippen LogP contribution in [0.2, 0.25) is 0 Å². The number of hydrogen-bond acceptors (Lipinski definition) is 5. The molecule has 0 fully saturated rings. The van der Waals surface area contributed by atoms with E-state index >= 15 is 0 Å². The van der Waals surface area contributed by atoms with E-state index in [1.807, 2.05) is 31.2 Å². The summed E-state index contributed by atoms with van der Waals surface area (Å²) in [7, 11) is 0. The topological polar surface area (TPSA) is 158 Å². The second-order valence-corrected chi connectivity index (χ2v) is 5.19. The Morgan fingerprint density at radius 1 is 1.36 bits per heavy atom. The van der Waals surface area contributed by atoms with Crippen LogP contribution >= 0.6 is 0 Å². The van der Waals surface area contributed by atoms with Crippen LogP contribution in [0.4, 0.5) is 0 Å². The van der Waals surface area contributed by atoms with Crippen LogP contribution in [0.25, 0.3) is 0 Å². The number of amides is 1. The summed E-state index contributed by atoms with van der Waals surface area (Å²) in [5.41, 5.74) is 12.0. The molecule has 0 aliphatic rings. The SMILES string of the molecule is CCOc1ccc(CNC(=O)[C@H](N)CCCN/C(N)=N\[N+](=O)[O-])cc1. The number of ether oxygens (including phenoxy) is 1. The number of guanidine groups is 1. The molecule has 0 heterocycles. The number of nitrogens with one attached hydrogen (secondary N) is 2. The van der Waals surface area contributed by atoms with Gasteiger partial charge in [-0.3, -0.25) is 4.79 Å². The lowest BCUT2D eigenvalue weighted by Gasteiger charge is -2.12. The highest BCUT2D eigenvalue weighted by atomic mass is 16.7. The third-order valence-electron chi connectivity index (χ3n) is 3.23. The van der Waals surface area contributed by atoms with Gasteiger partial charge in [0.15, 0.2) is 5.03 Å². The van der Waals surface area contributed by atoms with Crippen molar-refractivity contribution in [3.05, 3.63) is 39.9 Å². The van der Waals surface area contributed by atoms with Crippen molar-refractivity contribution in [3.63, 3.8) is 0 Å². The summed E-state index contributed by atoms with van der Waals surface area (Å²) in [5.74, 6) is 0.237. The molecule has 0 aliphatic heterocycles. The number of nitrogens with two attached hydrogens (primary N) is 2. The maximum absolute atomic E-state index is 11.9. The second kappa shape index (κ2) is 10.8.